The molecule has 0 bridgehead atoms. The van der Waals surface area contributed by atoms with Gasteiger partial charge in [0.05, 0.1) is 5.92 Å². The van der Waals surface area contributed by atoms with E-state index in [-0.39, 0.29) is 6.04 Å². The van der Waals surface area contributed by atoms with Gasteiger partial charge in [0.2, 0.25) is 0 Å². The molecule has 1 nitrogen and oxygen atoms in total. The lowest BCUT2D eigenvalue weighted by molar-refractivity contribution is -0.184. The molecule has 3 rings (SSSR count). The lowest BCUT2D eigenvalue weighted by atomic mass is 9.69. The molecule has 3 fully saturated rings. The van der Waals surface area contributed by atoms with Crippen LogP contribution in [-0.2, 0) is 0 Å². The number of halogens is 3. The Balaban J connectivity index is 1.50. The fourth-order valence-electron chi connectivity index (χ4n) is 5.00. The molecule has 4 heteroatoms. The van der Waals surface area contributed by atoms with Crippen molar-refractivity contribution in [2.45, 2.75) is 88.9 Å². The Bertz CT molecular complexity index is 341. The molecule has 5 unspecified atom stereocenters. The Morgan fingerprint density at radius 1 is 0.667 bits per heavy atom. The number of rotatable bonds is 2. The predicted octanol–water partition coefficient (Wildman–Crippen LogP) is 5.06. The van der Waals surface area contributed by atoms with Crippen LogP contribution >= 0.6 is 0 Å². The summed E-state index contributed by atoms with van der Waals surface area (Å²) < 4.78 is 38.7. The molecule has 1 N–H and O–H groups in total. The van der Waals surface area contributed by atoms with Crippen LogP contribution < -0.4 is 5.32 Å². The van der Waals surface area contributed by atoms with Crippen LogP contribution in [0, 0.1) is 17.8 Å². The molecule has 0 spiro atoms. The number of fused-ring (bicyclic) bond motifs is 1. The third-order valence-corrected chi connectivity index (χ3v) is 6.15. The van der Waals surface area contributed by atoms with E-state index in [1.165, 1.54) is 44.9 Å². The minimum atomic E-state index is -4.00. The Morgan fingerprint density at radius 3 is 2.14 bits per heavy atom. The lowest BCUT2D eigenvalue weighted by Crippen LogP contribution is -2.46. The van der Waals surface area contributed by atoms with Crippen LogP contribution in [0.1, 0.15) is 70.6 Å². The summed E-state index contributed by atoms with van der Waals surface area (Å²) in [5.41, 5.74) is 0. The number of nitrogens with one attached hydrogen (secondary N) is 1. The normalized spacial score (nSPS) is 41.6. The summed E-state index contributed by atoms with van der Waals surface area (Å²) in [6, 6.07) is 0.567. The van der Waals surface area contributed by atoms with Gasteiger partial charge >= 0.3 is 6.18 Å². The maximum absolute atomic E-state index is 12.9. The van der Waals surface area contributed by atoms with Gasteiger partial charge in [0.15, 0.2) is 0 Å². The maximum Gasteiger partial charge on any atom is 0.391 e. The summed E-state index contributed by atoms with van der Waals surface area (Å²) in [4.78, 5) is 0. The zero-order valence-corrected chi connectivity index (χ0v) is 12.8. The molecule has 0 aromatic rings. The first-order valence-corrected chi connectivity index (χ1v) is 8.85. The van der Waals surface area contributed by atoms with Gasteiger partial charge in [-0.3, -0.25) is 0 Å². The van der Waals surface area contributed by atoms with Crippen molar-refractivity contribution in [3.8, 4) is 0 Å². The second-order valence-electron chi connectivity index (χ2n) is 7.58. The first kappa shape index (κ1) is 15.6. The van der Waals surface area contributed by atoms with Crippen LogP contribution in [-0.4, -0.2) is 18.3 Å². The quantitative estimate of drug-likeness (QED) is 0.752. The lowest BCUT2D eigenvalue weighted by Gasteiger charge is -2.42. The summed E-state index contributed by atoms with van der Waals surface area (Å²) in [5.74, 6) is 0.674. The van der Waals surface area contributed by atoms with Crippen LogP contribution in [0.4, 0.5) is 13.2 Å². The molecule has 0 aromatic heterocycles. The van der Waals surface area contributed by atoms with Gasteiger partial charge < -0.3 is 5.32 Å². The minimum Gasteiger partial charge on any atom is -0.311 e. The monoisotopic (exact) mass is 303 g/mol. The molecule has 0 saturated heterocycles. The smallest absolute Gasteiger partial charge is 0.311 e. The first-order valence-electron chi connectivity index (χ1n) is 8.85. The minimum absolute atomic E-state index is 0.0931. The van der Waals surface area contributed by atoms with Crippen molar-refractivity contribution in [3.05, 3.63) is 0 Å². The molecule has 0 amide bonds. The Hall–Kier alpha value is -0.250. The average molecular weight is 303 g/mol. The van der Waals surface area contributed by atoms with Gasteiger partial charge in [0.1, 0.15) is 0 Å². The molecule has 3 saturated carbocycles. The van der Waals surface area contributed by atoms with E-state index in [2.05, 4.69) is 5.32 Å². The van der Waals surface area contributed by atoms with Gasteiger partial charge in [-0.2, -0.15) is 13.2 Å². The van der Waals surface area contributed by atoms with Crippen molar-refractivity contribution in [2.24, 2.45) is 17.8 Å². The summed E-state index contributed by atoms with van der Waals surface area (Å²) >= 11 is 0. The Kier molecular flexibility index (Phi) is 4.82. The molecule has 5 atom stereocenters. The van der Waals surface area contributed by atoms with Crippen LogP contribution in [0.2, 0.25) is 0 Å². The second kappa shape index (κ2) is 6.47. The highest BCUT2D eigenvalue weighted by atomic mass is 19.4. The summed E-state index contributed by atoms with van der Waals surface area (Å²) in [6.07, 6.45) is 7.42. The fraction of sp³-hybridized carbons (Fsp3) is 1.00. The van der Waals surface area contributed by atoms with E-state index in [1.807, 2.05) is 0 Å². The molecule has 21 heavy (non-hydrogen) atoms. The summed E-state index contributed by atoms with van der Waals surface area (Å²) in [7, 11) is 0. The van der Waals surface area contributed by atoms with Crippen LogP contribution in [0.5, 0.6) is 0 Å². The molecular weight excluding hydrogens is 275 g/mol. The molecule has 0 heterocycles. The van der Waals surface area contributed by atoms with E-state index in [0.717, 1.165) is 24.7 Å². The van der Waals surface area contributed by atoms with Crippen molar-refractivity contribution in [1.82, 2.24) is 5.32 Å². The highest BCUT2D eigenvalue weighted by molar-refractivity contribution is 4.89. The van der Waals surface area contributed by atoms with E-state index in [1.54, 1.807) is 0 Å². The zero-order chi connectivity index (χ0) is 14.9. The van der Waals surface area contributed by atoms with Gasteiger partial charge in [-0.15, -0.1) is 0 Å². The molecular formula is C17H28F3N. The molecule has 3 aliphatic rings. The number of hydrogen-bond acceptors (Lipinski definition) is 1. The summed E-state index contributed by atoms with van der Waals surface area (Å²) in [6.45, 7) is 0. The second-order valence-corrected chi connectivity index (χ2v) is 7.58. The van der Waals surface area contributed by atoms with Gasteiger partial charge in [-0.05, 0) is 50.4 Å². The van der Waals surface area contributed by atoms with Gasteiger partial charge in [-0.25, -0.2) is 0 Å². The molecule has 0 aromatic carbocycles. The van der Waals surface area contributed by atoms with E-state index < -0.39 is 12.1 Å². The third-order valence-electron chi connectivity index (χ3n) is 6.15. The number of hydrogen-bond donors (Lipinski definition) is 1. The van der Waals surface area contributed by atoms with Crippen molar-refractivity contribution in [2.75, 3.05) is 0 Å². The maximum atomic E-state index is 12.9. The fourth-order valence-corrected chi connectivity index (χ4v) is 5.00. The summed E-state index contributed by atoms with van der Waals surface area (Å²) in [5, 5.41) is 3.59. The highest BCUT2D eigenvalue weighted by Gasteiger charge is 2.42. The van der Waals surface area contributed by atoms with Crippen molar-refractivity contribution < 1.29 is 13.2 Å². The van der Waals surface area contributed by atoms with Crippen molar-refractivity contribution >= 4 is 0 Å². The standard InChI is InChI=1S/C17H28F3N/c18-17(19,20)14-6-3-7-15(11-14)21-16-9-8-12-4-1-2-5-13(12)10-16/h12-16,21H,1-11H2. The van der Waals surface area contributed by atoms with Gasteiger partial charge in [0, 0.05) is 12.1 Å². The van der Waals surface area contributed by atoms with E-state index in [4.69, 9.17) is 0 Å². The highest BCUT2D eigenvalue weighted by Crippen LogP contribution is 2.42. The van der Waals surface area contributed by atoms with E-state index >= 15 is 0 Å². The molecule has 0 aliphatic heterocycles. The first-order chi connectivity index (χ1) is 10.0. The SMILES string of the molecule is FC(F)(F)C1CCCC(NC2CCC3CCCCC3C2)C1. The molecule has 122 valence electrons. The van der Waals surface area contributed by atoms with Crippen molar-refractivity contribution in [1.29, 1.82) is 0 Å². The Morgan fingerprint density at radius 2 is 1.38 bits per heavy atom. The van der Waals surface area contributed by atoms with Crippen LogP contribution in [0.15, 0.2) is 0 Å². The number of alkyl halides is 3. The zero-order valence-electron chi connectivity index (χ0n) is 12.8. The van der Waals surface area contributed by atoms with E-state index in [9.17, 15) is 13.2 Å². The van der Waals surface area contributed by atoms with Gasteiger partial charge in [0.25, 0.3) is 0 Å². The largest absolute Gasteiger partial charge is 0.391 e. The van der Waals surface area contributed by atoms with E-state index in [0.29, 0.717) is 18.9 Å². The van der Waals surface area contributed by atoms with Gasteiger partial charge in [-0.1, -0.05) is 32.1 Å². The third kappa shape index (κ3) is 3.94. The van der Waals surface area contributed by atoms with Crippen LogP contribution in [0.3, 0.4) is 0 Å². The topological polar surface area (TPSA) is 12.0 Å². The molecule has 0 radical (unpaired) electrons. The van der Waals surface area contributed by atoms with Crippen molar-refractivity contribution in [3.63, 3.8) is 0 Å². The average Bonchev–Trinajstić information content (AvgIpc) is 2.46. The van der Waals surface area contributed by atoms with Crippen LogP contribution in [0.25, 0.3) is 0 Å². The Labute approximate surface area is 126 Å². The predicted molar refractivity (Wildman–Crippen MR) is 78.0 cm³/mol. The molecule has 3 aliphatic carbocycles.